The third-order valence-corrected chi connectivity index (χ3v) is 19.6. The van der Waals surface area contributed by atoms with Gasteiger partial charge in [0.1, 0.15) is 17.8 Å². The minimum absolute atomic E-state index is 0.115. The largest absolute Gasteiger partial charge is 0.481 e. The Morgan fingerprint density at radius 1 is 0.845 bits per heavy atom. The molecule has 5 aliphatic carbocycles. The van der Waals surface area contributed by atoms with Crippen LogP contribution in [-0.2, 0) is 19.1 Å². The highest BCUT2D eigenvalue weighted by Gasteiger charge is 2.73. The fourth-order valence-electron chi connectivity index (χ4n) is 16.5. The summed E-state index contributed by atoms with van der Waals surface area (Å²) in [4.78, 5) is 43.2. The molecule has 0 radical (unpaired) electrons. The average Bonchev–Trinajstić information content (AvgIpc) is 3.80. The molecular formula is C49H76N4O5. The van der Waals surface area contributed by atoms with Gasteiger partial charge in [0, 0.05) is 29.5 Å². The SMILES string of the molecule is C=C(C)[C@@H]1CC[C@]2(C(=O)N3C4CCC3CC(n3c(C)nnc3C(C)C)C4)CC[C@]3(C)[C@H](CC[C@@H]4[C@@]5(C)CC[C@H](OC(=O)CC(C)(C)C(=O)O)C(C)(C)[C@@H]5CC[C@]43C)[C@@H]12. The summed E-state index contributed by atoms with van der Waals surface area (Å²) in [6, 6.07) is 0.928. The molecule has 0 aromatic carbocycles. The van der Waals surface area contributed by atoms with Crippen LogP contribution < -0.4 is 0 Å². The Kier molecular flexibility index (Phi) is 10.1. The van der Waals surface area contributed by atoms with Gasteiger partial charge in [0.05, 0.1) is 17.3 Å². The maximum Gasteiger partial charge on any atom is 0.309 e. The third-order valence-electron chi connectivity index (χ3n) is 19.6. The highest BCUT2D eigenvalue weighted by atomic mass is 16.5. The molecule has 3 heterocycles. The zero-order valence-electron chi connectivity index (χ0n) is 38.0. The zero-order chi connectivity index (χ0) is 42.1. The summed E-state index contributed by atoms with van der Waals surface area (Å²) < 4.78 is 8.64. The lowest BCUT2D eigenvalue weighted by atomic mass is 9.32. The number of hydrogen-bond acceptors (Lipinski definition) is 6. The van der Waals surface area contributed by atoms with Crippen LogP contribution in [0.3, 0.4) is 0 Å². The molecule has 9 nitrogen and oxygen atoms in total. The number of carboxylic acid groups (broad SMARTS) is 1. The summed E-state index contributed by atoms with van der Waals surface area (Å²) in [7, 11) is 0. The number of piperidine rings is 1. The fraction of sp³-hybridized carbons (Fsp3) is 0.857. The van der Waals surface area contributed by atoms with Gasteiger partial charge < -0.3 is 19.3 Å². The number of fused-ring (bicyclic) bond motifs is 9. The molecule has 0 spiro atoms. The summed E-state index contributed by atoms with van der Waals surface area (Å²) in [6.45, 7) is 29.1. The van der Waals surface area contributed by atoms with Crippen LogP contribution in [-0.4, -0.2) is 60.8 Å². The van der Waals surface area contributed by atoms with Crippen LogP contribution in [0.25, 0.3) is 0 Å². The van der Waals surface area contributed by atoms with Crippen molar-refractivity contribution in [1.82, 2.24) is 19.7 Å². The van der Waals surface area contributed by atoms with E-state index in [0.29, 0.717) is 47.5 Å². The van der Waals surface area contributed by atoms with Crippen LogP contribution in [0.4, 0.5) is 0 Å². The van der Waals surface area contributed by atoms with Gasteiger partial charge in [-0.15, -0.1) is 10.2 Å². The molecule has 1 aromatic rings. The van der Waals surface area contributed by atoms with Crippen molar-refractivity contribution in [2.45, 2.75) is 203 Å². The van der Waals surface area contributed by atoms with E-state index in [2.05, 4.69) is 88.6 Å². The van der Waals surface area contributed by atoms with Crippen LogP contribution in [0.5, 0.6) is 0 Å². The lowest BCUT2D eigenvalue weighted by molar-refractivity contribution is -0.250. The molecule has 8 rings (SSSR count). The van der Waals surface area contributed by atoms with Crippen LogP contribution >= 0.6 is 0 Å². The molecule has 7 fully saturated rings. The van der Waals surface area contributed by atoms with Crippen LogP contribution in [0, 0.1) is 69.0 Å². The number of allylic oxidation sites excluding steroid dienone is 1. The van der Waals surface area contributed by atoms with Crippen molar-refractivity contribution in [3.05, 3.63) is 23.8 Å². The van der Waals surface area contributed by atoms with E-state index in [1.54, 1.807) is 13.8 Å². The van der Waals surface area contributed by atoms with Gasteiger partial charge >= 0.3 is 11.9 Å². The van der Waals surface area contributed by atoms with E-state index < -0.39 is 17.4 Å². The molecule has 9 heteroatoms. The Morgan fingerprint density at radius 3 is 2.14 bits per heavy atom. The monoisotopic (exact) mass is 801 g/mol. The summed E-state index contributed by atoms with van der Waals surface area (Å²) >= 11 is 0. The number of nitrogens with zero attached hydrogens (tertiary/aromatic N) is 4. The van der Waals surface area contributed by atoms with Crippen molar-refractivity contribution in [3.8, 4) is 0 Å². The first-order valence-electron chi connectivity index (χ1n) is 23.4. The molecule has 58 heavy (non-hydrogen) atoms. The van der Waals surface area contributed by atoms with E-state index >= 15 is 4.79 Å². The van der Waals surface area contributed by atoms with Crippen molar-refractivity contribution in [2.75, 3.05) is 0 Å². The van der Waals surface area contributed by atoms with Gasteiger partial charge in [-0.2, -0.15) is 0 Å². The lowest BCUT2D eigenvalue weighted by Crippen LogP contribution is -2.68. The van der Waals surface area contributed by atoms with Gasteiger partial charge in [-0.1, -0.05) is 60.6 Å². The average molecular weight is 801 g/mol. The molecule has 2 saturated heterocycles. The minimum atomic E-state index is -1.15. The molecule has 7 aliphatic rings. The first-order valence-corrected chi connectivity index (χ1v) is 23.4. The summed E-state index contributed by atoms with van der Waals surface area (Å²) in [5, 5.41) is 18.8. The number of hydrogen-bond donors (Lipinski definition) is 1. The number of ether oxygens (including phenoxy) is 1. The summed E-state index contributed by atoms with van der Waals surface area (Å²) in [5.74, 6) is 3.70. The highest BCUT2D eigenvalue weighted by Crippen LogP contribution is 2.78. The van der Waals surface area contributed by atoms with Crippen LogP contribution in [0.2, 0.25) is 0 Å². The molecule has 2 bridgehead atoms. The molecule has 1 N–H and O–H groups in total. The first kappa shape index (κ1) is 42.0. The number of carbonyl (C=O) groups is 3. The Hall–Kier alpha value is -2.71. The second kappa shape index (κ2) is 13.9. The van der Waals surface area contributed by atoms with Crippen molar-refractivity contribution < 1.29 is 24.2 Å². The maximum absolute atomic E-state index is 15.7. The lowest BCUT2D eigenvalue weighted by Gasteiger charge is -2.73. The van der Waals surface area contributed by atoms with Gasteiger partial charge in [0.2, 0.25) is 5.91 Å². The van der Waals surface area contributed by atoms with Crippen molar-refractivity contribution >= 4 is 17.8 Å². The molecule has 2 aliphatic heterocycles. The topological polar surface area (TPSA) is 115 Å². The Labute approximate surface area is 349 Å². The maximum atomic E-state index is 15.7. The molecule has 322 valence electrons. The number of rotatable bonds is 8. The predicted octanol–water partition coefficient (Wildman–Crippen LogP) is 10.5. The molecule has 1 aromatic heterocycles. The van der Waals surface area contributed by atoms with E-state index in [0.717, 1.165) is 88.7 Å². The predicted molar refractivity (Wildman–Crippen MR) is 226 cm³/mol. The Bertz CT molecular complexity index is 1830. The normalized spacial score (nSPS) is 42.9. The second-order valence-corrected chi connectivity index (χ2v) is 23.4. The quantitative estimate of drug-likeness (QED) is 0.206. The van der Waals surface area contributed by atoms with Crippen LogP contribution in [0.1, 0.15) is 189 Å². The number of aromatic nitrogens is 3. The van der Waals surface area contributed by atoms with Crippen molar-refractivity contribution in [2.24, 2.45) is 62.1 Å². The molecular weight excluding hydrogens is 725 g/mol. The van der Waals surface area contributed by atoms with Crippen molar-refractivity contribution in [3.63, 3.8) is 0 Å². The van der Waals surface area contributed by atoms with Gasteiger partial charge in [0.25, 0.3) is 0 Å². The van der Waals surface area contributed by atoms with E-state index in [4.69, 9.17) is 4.74 Å². The van der Waals surface area contributed by atoms with Crippen LogP contribution in [0.15, 0.2) is 12.2 Å². The number of carbonyl (C=O) groups excluding carboxylic acids is 2. The first-order chi connectivity index (χ1) is 27.0. The summed E-state index contributed by atoms with van der Waals surface area (Å²) in [5.41, 5.74) is -0.00933. The zero-order valence-corrected chi connectivity index (χ0v) is 38.0. The Balaban J connectivity index is 1.05. The fourth-order valence-corrected chi connectivity index (χ4v) is 16.5. The molecule has 2 unspecified atom stereocenters. The number of aliphatic carboxylic acids is 1. The van der Waals surface area contributed by atoms with Gasteiger partial charge in [-0.25, -0.2) is 0 Å². The van der Waals surface area contributed by atoms with E-state index in [1.807, 2.05) is 0 Å². The second-order valence-electron chi connectivity index (χ2n) is 23.4. The molecule has 1 amide bonds. The smallest absolute Gasteiger partial charge is 0.309 e. The molecule has 12 atom stereocenters. The molecule has 5 saturated carbocycles. The Morgan fingerprint density at radius 2 is 1.52 bits per heavy atom. The van der Waals surface area contributed by atoms with Gasteiger partial charge in [-0.05, 0) is 163 Å². The highest BCUT2D eigenvalue weighted by molar-refractivity contribution is 5.85. The van der Waals surface area contributed by atoms with Gasteiger partial charge in [-0.3, -0.25) is 14.4 Å². The number of esters is 1. The van der Waals surface area contributed by atoms with Crippen molar-refractivity contribution in [1.29, 1.82) is 0 Å². The minimum Gasteiger partial charge on any atom is -0.481 e. The standard InChI is InChI=1S/C49H76N4O5/c1-28(2)34-17-22-49(42(55)53-31-13-14-32(53)26-33(25-31)52-30(5)50-51-41(52)29(3)4)24-23-47(11)35(40(34)49)15-16-37-46(10)20-19-38(58-39(54)27-44(6,7)43(56)57)45(8,9)36(46)18-21-48(37,47)12/h29,31-38,40H,1,13-27H2,2-12H3,(H,56,57)/t31?,32?,33?,34-,35+,36-,37+,38-,40+,46-,47+,48+,49-/m0/s1. The van der Waals surface area contributed by atoms with E-state index in [-0.39, 0.29) is 51.7 Å². The summed E-state index contributed by atoms with van der Waals surface area (Å²) in [6.07, 6.45) is 14.5. The third kappa shape index (κ3) is 5.89. The van der Waals surface area contributed by atoms with E-state index in [1.165, 1.54) is 18.4 Å². The number of aryl methyl sites for hydroxylation is 1. The number of amides is 1. The van der Waals surface area contributed by atoms with Gasteiger partial charge in [0.15, 0.2) is 0 Å². The van der Waals surface area contributed by atoms with E-state index in [9.17, 15) is 14.7 Å². The number of carboxylic acids is 1.